The number of nitrogens with two attached hydrogens (primary N) is 2. The first-order valence-electron chi connectivity index (χ1n) is 5.96. The number of nitrogen functional groups attached to an aromatic ring is 1. The number of fused-ring (bicyclic) bond motifs is 1. The smallest absolute Gasteiger partial charge is 0.405 e. The van der Waals surface area contributed by atoms with Crippen LogP contribution in [0.5, 0.6) is 5.75 Å². The van der Waals surface area contributed by atoms with Gasteiger partial charge in [0.1, 0.15) is 17.5 Å². The van der Waals surface area contributed by atoms with Gasteiger partial charge in [-0.25, -0.2) is 4.79 Å². The second kappa shape index (κ2) is 4.31. The van der Waals surface area contributed by atoms with E-state index in [4.69, 9.17) is 20.9 Å². The zero-order chi connectivity index (χ0) is 14.4. The monoisotopic (exact) mass is 266 g/mol. The molecule has 0 radical (unpaired) electrons. The van der Waals surface area contributed by atoms with Crippen LogP contribution < -0.4 is 16.2 Å². The van der Waals surface area contributed by atoms with Gasteiger partial charge in [0.25, 0.3) is 0 Å². The third kappa shape index (κ3) is 2.19. The van der Waals surface area contributed by atoms with Gasteiger partial charge in [0, 0.05) is 16.8 Å². The summed E-state index contributed by atoms with van der Waals surface area (Å²) in [6.07, 6.45) is -2.83. The summed E-state index contributed by atoms with van der Waals surface area (Å²) in [5.41, 5.74) is 11.9. The minimum absolute atomic E-state index is 0.529. The maximum Gasteiger partial charge on any atom is 0.405 e. The minimum atomic E-state index is -1.02. The van der Waals surface area contributed by atoms with Crippen LogP contribution in [-0.2, 0) is 4.74 Å². The quantitative estimate of drug-likeness (QED) is 0.663. The zero-order valence-electron chi connectivity index (χ0n) is 11.1. The Balaban J connectivity index is 2.57. The van der Waals surface area contributed by atoms with Crippen molar-refractivity contribution in [3.05, 3.63) is 23.3 Å². The Hall–Kier alpha value is -1.95. The van der Waals surface area contributed by atoms with Crippen molar-refractivity contribution in [1.29, 1.82) is 0 Å². The number of benzene rings is 1. The summed E-state index contributed by atoms with van der Waals surface area (Å²) in [6, 6.07) is 3.35. The summed E-state index contributed by atoms with van der Waals surface area (Å²) < 4.78 is 10.8. The number of carbonyl (C=O) groups excluding carboxylic acids is 1. The van der Waals surface area contributed by atoms with Crippen LogP contribution in [0.15, 0.2) is 12.1 Å². The average Bonchev–Trinajstić information content (AvgIpc) is 2.30. The van der Waals surface area contributed by atoms with Crippen molar-refractivity contribution in [2.45, 2.75) is 38.6 Å². The largest absolute Gasteiger partial charge is 0.484 e. The maximum absolute atomic E-state index is 11.0. The Bertz CT molecular complexity index is 528. The zero-order valence-corrected chi connectivity index (χ0v) is 11.1. The number of ether oxygens (including phenoxy) is 2. The van der Waals surface area contributed by atoms with E-state index < -0.39 is 23.9 Å². The van der Waals surface area contributed by atoms with Gasteiger partial charge < -0.3 is 26.0 Å². The molecule has 0 aliphatic carbocycles. The lowest BCUT2D eigenvalue weighted by molar-refractivity contribution is -0.113. The third-order valence-corrected chi connectivity index (χ3v) is 3.39. The standard InChI is InChI=1S/C13H18N2O4/c1-6-8(14)5-4-7-9(6)19-13(2,3)11(16)10(7)18-12(15)17/h4-5,10-11,16H,14H2,1-3H3,(H2,15,17)/t10-,11?/m0/s1. The highest BCUT2D eigenvalue weighted by Crippen LogP contribution is 2.44. The first-order chi connectivity index (χ1) is 8.74. The molecule has 1 amide bonds. The van der Waals surface area contributed by atoms with E-state index >= 15 is 0 Å². The molecule has 0 fully saturated rings. The van der Waals surface area contributed by atoms with Crippen LogP contribution >= 0.6 is 0 Å². The van der Waals surface area contributed by atoms with Crippen LogP contribution in [0.4, 0.5) is 10.5 Å². The van der Waals surface area contributed by atoms with Crippen molar-refractivity contribution < 1.29 is 19.4 Å². The van der Waals surface area contributed by atoms with Gasteiger partial charge in [-0.05, 0) is 32.9 Å². The highest BCUT2D eigenvalue weighted by molar-refractivity contribution is 5.66. The van der Waals surface area contributed by atoms with E-state index in [0.717, 1.165) is 5.56 Å². The topological polar surface area (TPSA) is 108 Å². The van der Waals surface area contributed by atoms with E-state index in [1.807, 2.05) is 6.92 Å². The molecule has 19 heavy (non-hydrogen) atoms. The highest BCUT2D eigenvalue weighted by atomic mass is 16.6. The van der Waals surface area contributed by atoms with Crippen LogP contribution in [0.25, 0.3) is 0 Å². The van der Waals surface area contributed by atoms with Crippen molar-refractivity contribution in [3.63, 3.8) is 0 Å². The molecule has 2 atom stereocenters. The molecule has 6 heteroatoms. The van der Waals surface area contributed by atoms with Crippen LogP contribution in [-0.4, -0.2) is 22.9 Å². The third-order valence-electron chi connectivity index (χ3n) is 3.39. The molecule has 0 spiro atoms. The molecule has 0 aromatic heterocycles. The second-order valence-electron chi connectivity index (χ2n) is 5.21. The molecule has 1 aromatic rings. The van der Waals surface area contributed by atoms with Crippen molar-refractivity contribution in [2.75, 3.05) is 5.73 Å². The number of anilines is 1. The van der Waals surface area contributed by atoms with E-state index in [1.54, 1.807) is 26.0 Å². The predicted molar refractivity (Wildman–Crippen MR) is 69.7 cm³/mol. The van der Waals surface area contributed by atoms with E-state index in [1.165, 1.54) is 0 Å². The number of hydrogen-bond donors (Lipinski definition) is 3. The lowest BCUT2D eigenvalue weighted by Crippen LogP contribution is -2.50. The molecular weight excluding hydrogens is 248 g/mol. The van der Waals surface area contributed by atoms with E-state index in [2.05, 4.69) is 0 Å². The maximum atomic E-state index is 11.0. The summed E-state index contributed by atoms with van der Waals surface area (Å²) in [5, 5.41) is 10.3. The molecule has 104 valence electrons. The lowest BCUT2D eigenvalue weighted by Gasteiger charge is -2.41. The molecule has 0 bridgehead atoms. The molecule has 1 unspecified atom stereocenters. The minimum Gasteiger partial charge on any atom is -0.484 e. The molecule has 1 heterocycles. The molecule has 1 aliphatic heterocycles. The molecule has 2 rings (SSSR count). The fraction of sp³-hybridized carbons (Fsp3) is 0.462. The van der Waals surface area contributed by atoms with Crippen molar-refractivity contribution in [2.24, 2.45) is 5.73 Å². The number of aliphatic hydroxyl groups is 1. The van der Waals surface area contributed by atoms with Gasteiger partial charge in [-0.1, -0.05) is 0 Å². The van der Waals surface area contributed by atoms with Crippen LogP contribution in [0, 0.1) is 6.92 Å². The number of primary amides is 1. The normalized spacial score (nSPS) is 24.2. The molecule has 0 saturated heterocycles. The van der Waals surface area contributed by atoms with E-state index in [0.29, 0.717) is 17.0 Å². The lowest BCUT2D eigenvalue weighted by atomic mass is 9.87. The molecule has 1 aliphatic rings. The molecule has 0 saturated carbocycles. The number of amides is 1. The number of hydrogen-bond acceptors (Lipinski definition) is 5. The summed E-state index contributed by atoms with van der Waals surface area (Å²) in [6.45, 7) is 5.23. The fourth-order valence-electron chi connectivity index (χ4n) is 2.20. The highest BCUT2D eigenvalue weighted by Gasteiger charge is 2.45. The fourth-order valence-corrected chi connectivity index (χ4v) is 2.20. The number of rotatable bonds is 1. The van der Waals surface area contributed by atoms with Crippen LogP contribution in [0.3, 0.4) is 0 Å². The number of aliphatic hydroxyl groups excluding tert-OH is 1. The Morgan fingerprint density at radius 3 is 2.68 bits per heavy atom. The molecule has 1 aromatic carbocycles. The van der Waals surface area contributed by atoms with Gasteiger partial charge in [-0.15, -0.1) is 0 Å². The molecule has 6 nitrogen and oxygen atoms in total. The Kier molecular flexibility index (Phi) is 3.06. The van der Waals surface area contributed by atoms with Crippen LogP contribution in [0.2, 0.25) is 0 Å². The van der Waals surface area contributed by atoms with Crippen LogP contribution in [0.1, 0.15) is 31.1 Å². The summed E-state index contributed by atoms with van der Waals surface area (Å²) in [5.74, 6) is 0.529. The van der Waals surface area contributed by atoms with Gasteiger partial charge in [-0.3, -0.25) is 0 Å². The van der Waals surface area contributed by atoms with Crippen molar-refractivity contribution >= 4 is 11.8 Å². The van der Waals surface area contributed by atoms with Gasteiger partial charge in [-0.2, -0.15) is 0 Å². The SMILES string of the molecule is Cc1c(N)ccc2c1OC(C)(C)C(O)[C@H]2OC(N)=O. The predicted octanol–water partition coefficient (Wildman–Crippen LogP) is 1.25. The Morgan fingerprint density at radius 2 is 2.11 bits per heavy atom. The van der Waals surface area contributed by atoms with Crippen molar-refractivity contribution in [3.8, 4) is 5.75 Å². The van der Waals surface area contributed by atoms with E-state index in [-0.39, 0.29) is 0 Å². The molecule has 5 N–H and O–H groups in total. The van der Waals surface area contributed by atoms with Gasteiger partial charge >= 0.3 is 6.09 Å². The molecular formula is C13H18N2O4. The first-order valence-corrected chi connectivity index (χ1v) is 5.96. The van der Waals surface area contributed by atoms with Gasteiger partial charge in [0.05, 0.1) is 0 Å². The van der Waals surface area contributed by atoms with Gasteiger partial charge in [0.2, 0.25) is 0 Å². The van der Waals surface area contributed by atoms with E-state index in [9.17, 15) is 9.90 Å². The first kappa shape index (κ1) is 13.5. The Labute approximate surface area is 111 Å². The average molecular weight is 266 g/mol. The number of carbonyl (C=O) groups is 1. The summed E-state index contributed by atoms with van der Waals surface area (Å²) in [4.78, 5) is 11.0. The Morgan fingerprint density at radius 1 is 1.47 bits per heavy atom. The summed E-state index contributed by atoms with van der Waals surface area (Å²) in [7, 11) is 0. The van der Waals surface area contributed by atoms with Crippen molar-refractivity contribution in [1.82, 2.24) is 0 Å². The van der Waals surface area contributed by atoms with Gasteiger partial charge in [0.15, 0.2) is 6.10 Å². The summed E-state index contributed by atoms with van der Waals surface area (Å²) >= 11 is 0. The second-order valence-corrected chi connectivity index (χ2v) is 5.21.